The molecule has 1 amide bonds. The Hall–Kier alpha value is -2.43. The van der Waals surface area contributed by atoms with Crippen LogP contribution in [-0.2, 0) is 4.79 Å². The molecule has 0 aromatic carbocycles. The van der Waals surface area contributed by atoms with Crippen LogP contribution < -0.4 is 5.32 Å². The molecule has 0 aromatic rings. The number of aliphatic hydroxyl groups is 2. The second-order valence-corrected chi connectivity index (χ2v) is 20.4. The zero-order chi connectivity index (χ0) is 49.9. The van der Waals surface area contributed by atoms with E-state index in [4.69, 9.17) is 0 Å². The molecule has 0 fully saturated rings. The van der Waals surface area contributed by atoms with Gasteiger partial charge in [-0.15, -0.1) is 0 Å². The van der Waals surface area contributed by atoms with E-state index in [1.807, 2.05) is 6.08 Å². The highest BCUT2D eigenvalue weighted by atomic mass is 16.3. The van der Waals surface area contributed by atoms with Crippen LogP contribution in [0.25, 0.3) is 0 Å². The van der Waals surface area contributed by atoms with Crippen LogP contribution in [0.4, 0.5) is 0 Å². The molecule has 4 heteroatoms. The summed E-state index contributed by atoms with van der Waals surface area (Å²) in [4.78, 5) is 12.5. The Morgan fingerprint density at radius 1 is 0.362 bits per heavy atom. The molecular weight excluding hydrogens is 843 g/mol. The molecule has 2 atom stereocenters. The molecule has 4 nitrogen and oxygen atoms in total. The molecule has 0 radical (unpaired) electrons. The minimum absolute atomic E-state index is 0.0639. The molecule has 0 aliphatic heterocycles. The van der Waals surface area contributed by atoms with Crippen molar-refractivity contribution < 1.29 is 15.0 Å². The van der Waals surface area contributed by atoms with Crippen molar-refractivity contribution in [2.75, 3.05) is 6.61 Å². The predicted molar refractivity (Wildman–Crippen MR) is 308 cm³/mol. The van der Waals surface area contributed by atoms with Crippen molar-refractivity contribution in [3.8, 4) is 0 Å². The summed E-state index contributed by atoms with van der Waals surface area (Å²) < 4.78 is 0. The monoisotopic (exact) mass is 960 g/mol. The van der Waals surface area contributed by atoms with E-state index in [1.54, 1.807) is 6.08 Å². The molecule has 0 saturated carbocycles. The van der Waals surface area contributed by atoms with Gasteiger partial charge in [0, 0.05) is 6.42 Å². The van der Waals surface area contributed by atoms with Crippen LogP contribution in [0.1, 0.15) is 303 Å². The topological polar surface area (TPSA) is 69.6 Å². The lowest BCUT2D eigenvalue weighted by atomic mass is 10.0. The normalized spacial score (nSPS) is 13.4. The van der Waals surface area contributed by atoms with Crippen molar-refractivity contribution in [2.45, 2.75) is 315 Å². The van der Waals surface area contributed by atoms with Gasteiger partial charge in [0.1, 0.15) is 0 Å². The Bertz CT molecular complexity index is 1230. The number of carbonyl (C=O) groups excluding carboxylic acids is 1. The summed E-state index contributed by atoms with van der Waals surface area (Å²) in [6.45, 7) is 4.22. The first kappa shape index (κ1) is 66.6. The summed E-state index contributed by atoms with van der Waals surface area (Å²) in [5.41, 5.74) is 0. The fraction of sp³-hybridized carbons (Fsp3) is 0.769. The van der Waals surface area contributed by atoms with E-state index in [0.29, 0.717) is 6.42 Å². The molecule has 0 heterocycles. The first-order chi connectivity index (χ1) is 34.2. The lowest BCUT2D eigenvalue weighted by Gasteiger charge is -2.20. The molecular formula is C65H117NO3. The van der Waals surface area contributed by atoms with Gasteiger partial charge in [-0.05, 0) is 70.6 Å². The van der Waals surface area contributed by atoms with E-state index in [0.717, 1.165) is 64.2 Å². The summed E-state index contributed by atoms with van der Waals surface area (Å²) in [7, 11) is 0. The first-order valence-electron chi connectivity index (χ1n) is 30.3. The van der Waals surface area contributed by atoms with E-state index < -0.39 is 12.1 Å². The number of unbranched alkanes of at least 4 members (excludes halogenated alkanes) is 36. The van der Waals surface area contributed by atoms with Gasteiger partial charge in [-0.3, -0.25) is 4.79 Å². The Kier molecular flexibility index (Phi) is 57.8. The molecule has 0 spiro atoms. The largest absolute Gasteiger partial charge is 0.394 e. The summed E-state index contributed by atoms with van der Waals surface area (Å²) in [5.74, 6) is -0.0639. The average Bonchev–Trinajstić information content (AvgIpc) is 3.35. The van der Waals surface area contributed by atoms with E-state index in [-0.39, 0.29) is 12.5 Å². The molecule has 0 rings (SSSR count). The van der Waals surface area contributed by atoms with Crippen LogP contribution >= 0.6 is 0 Å². The molecule has 0 aliphatic carbocycles. The number of allylic oxidation sites excluding steroid dienone is 13. The second kappa shape index (κ2) is 59.9. The summed E-state index contributed by atoms with van der Waals surface area (Å²) in [6, 6.07) is -0.627. The number of nitrogens with one attached hydrogen (secondary N) is 1. The number of aliphatic hydroxyl groups excluding tert-OH is 2. The molecule has 400 valence electrons. The second-order valence-electron chi connectivity index (χ2n) is 20.4. The third-order valence-electron chi connectivity index (χ3n) is 13.6. The van der Waals surface area contributed by atoms with E-state index in [1.165, 1.54) is 218 Å². The van der Waals surface area contributed by atoms with E-state index in [2.05, 4.69) is 92.1 Å². The van der Waals surface area contributed by atoms with Crippen molar-refractivity contribution in [3.63, 3.8) is 0 Å². The van der Waals surface area contributed by atoms with Gasteiger partial charge in [-0.2, -0.15) is 0 Å². The van der Waals surface area contributed by atoms with Crippen molar-refractivity contribution in [3.05, 3.63) is 85.1 Å². The number of hydrogen-bond donors (Lipinski definition) is 3. The van der Waals surface area contributed by atoms with E-state index in [9.17, 15) is 15.0 Å². The lowest BCUT2D eigenvalue weighted by molar-refractivity contribution is -0.123. The molecule has 69 heavy (non-hydrogen) atoms. The third-order valence-corrected chi connectivity index (χ3v) is 13.6. The summed E-state index contributed by atoms with van der Waals surface area (Å²) >= 11 is 0. The van der Waals surface area contributed by atoms with Gasteiger partial charge in [-0.1, -0.05) is 311 Å². The highest BCUT2D eigenvalue weighted by molar-refractivity contribution is 5.76. The fourth-order valence-corrected chi connectivity index (χ4v) is 9.07. The van der Waals surface area contributed by atoms with Crippen LogP contribution in [0.3, 0.4) is 0 Å². The Balaban J connectivity index is 3.51. The van der Waals surface area contributed by atoms with Gasteiger partial charge in [0.15, 0.2) is 0 Å². The standard InChI is InChI=1S/C65H117NO3/c1-3-5-7-9-11-13-15-17-19-21-23-25-27-29-30-31-32-33-34-35-36-37-39-41-43-45-47-49-51-53-55-57-59-61-65(69)66-63(62-67)64(68)60-58-56-54-52-50-48-46-44-42-40-38-28-26-24-22-20-18-16-14-12-10-8-6-4-2/h5,7,11,13,17,19,23,25,29-30,32-33,58,60,63-64,67-68H,3-4,6,8-10,12,14-16,18,20-22,24,26-28,31,34-57,59,61-62H2,1-2H3,(H,66,69)/b7-5-,13-11-,19-17-,25-23-,30-29-,33-32-,60-58+. The van der Waals surface area contributed by atoms with Crippen molar-refractivity contribution in [2.24, 2.45) is 0 Å². The van der Waals surface area contributed by atoms with Gasteiger partial charge >= 0.3 is 0 Å². The number of amides is 1. The quantitative estimate of drug-likeness (QED) is 0.0420. The molecule has 0 aliphatic rings. The van der Waals surface area contributed by atoms with Crippen LogP contribution in [0.2, 0.25) is 0 Å². The molecule has 0 saturated heterocycles. The SMILES string of the molecule is CC/C=C\C/C=C\C/C=C\C/C=C\C/C=C\C/C=C\CCCCCCCCCCCCCCCCC(=O)NC(CO)C(O)/C=C/CCCCCCCCCCCCCCCCCCCCCCCC. The van der Waals surface area contributed by atoms with Crippen LogP contribution in [0, 0.1) is 0 Å². The Morgan fingerprint density at radius 2 is 0.638 bits per heavy atom. The summed E-state index contributed by atoms with van der Waals surface area (Å²) in [6.07, 6.45) is 87.6. The minimum atomic E-state index is -0.844. The smallest absolute Gasteiger partial charge is 0.220 e. The van der Waals surface area contributed by atoms with Crippen molar-refractivity contribution >= 4 is 5.91 Å². The number of carbonyl (C=O) groups is 1. The molecule has 0 bridgehead atoms. The maximum atomic E-state index is 12.5. The lowest BCUT2D eigenvalue weighted by Crippen LogP contribution is -2.45. The van der Waals surface area contributed by atoms with Crippen molar-refractivity contribution in [1.82, 2.24) is 5.32 Å². The maximum absolute atomic E-state index is 12.5. The van der Waals surface area contributed by atoms with E-state index >= 15 is 0 Å². The molecule has 0 aromatic heterocycles. The third kappa shape index (κ3) is 56.4. The average molecular weight is 961 g/mol. The predicted octanol–water partition coefficient (Wildman–Crippen LogP) is 20.3. The fourth-order valence-electron chi connectivity index (χ4n) is 9.07. The number of rotatable bonds is 55. The Morgan fingerprint density at radius 3 is 0.957 bits per heavy atom. The van der Waals surface area contributed by atoms with Gasteiger partial charge in [-0.25, -0.2) is 0 Å². The highest BCUT2D eigenvalue weighted by Crippen LogP contribution is 2.17. The molecule has 3 N–H and O–H groups in total. The van der Waals surface area contributed by atoms with Crippen LogP contribution in [0.15, 0.2) is 85.1 Å². The van der Waals surface area contributed by atoms with Gasteiger partial charge in [0.25, 0.3) is 0 Å². The maximum Gasteiger partial charge on any atom is 0.220 e. The first-order valence-corrected chi connectivity index (χ1v) is 30.3. The zero-order valence-electron chi connectivity index (χ0n) is 46.1. The van der Waals surface area contributed by atoms with Gasteiger partial charge in [0.2, 0.25) is 5.91 Å². The minimum Gasteiger partial charge on any atom is -0.394 e. The zero-order valence-corrected chi connectivity index (χ0v) is 46.1. The highest BCUT2D eigenvalue weighted by Gasteiger charge is 2.18. The van der Waals surface area contributed by atoms with Gasteiger partial charge < -0.3 is 15.5 Å². The van der Waals surface area contributed by atoms with Crippen LogP contribution in [-0.4, -0.2) is 34.9 Å². The Labute approximate surface area is 431 Å². The van der Waals surface area contributed by atoms with Crippen molar-refractivity contribution in [1.29, 1.82) is 0 Å². The summed E-state index contributed by atoms with van der Waals surface area (Å²) in [5, 5.41) is 23.2. The van der Waals surface area contributed by atoms with Gasteiger partial charge in [0.05, 0.1) is 18.8 Å². The number of hydrogen-bond acceptors (Lipinski definition) is 3. The molecule has 2 unspecified atom stereocenters. The van der Waals surface area contributed by atoms with Crippen LogP contribution in [0.5, 0.6) is 0 Å².